The van der Waals surface area contributed by atoms with Crippen molar-refractivity contribution >= 4 is 17.4 Å². The van der Waals surface area contributed by atoms with Crippen molar-refractivity contribution in [3.05, 3.63) is 22.8 Å². The van der Waals surface area contributed by atoms with Gasteiger partial charge in [0.05, 0.1) is 10.7 Å². The highest BCUT2D eigenvalue weighted by atomic mass is 35.5. The normalized spacial score (nSPS) is 15.7. The van der Waals surface area contributed by atoms with Crippen LogP contribution in [0, 0.1) is 0 Å². The fourth-order valence-electron chi connectivity index (χ4n) is 1.62. The van der Waals surface area contributed by atoms with Crippen LogP contribution < -0.4 is 5.32 Å². The first-order valence-corrected chi connectivity index (χ1v) is 5.62. The van der Waals surface area contributed by atoms with Crippen molar-refractivity contribution in [2.45, 2.75) is 25.4 Å². The summed E-state index contributed by atoms with van der Waals surface area (Å²) in [5.41, 5.74) is 0.956. The summed E-state index contributed by atoms with van der Waals surface area (Å²) in [6, 6.07) is 4.53. The summed E-state index contributed by atoms with van der Waals surface area (Å²) < 4.78 is 0. The van der Waals surface area contributed by atoms with Crippen molar-refractivity contribution in [2.24, 2.45) is 0 Å². The van der Waals surface area contributed by atoms with E-state index in [1.165, 1.54) is 12.8 Å². The Morgan fingerprint density at radius 3 is 2.87 bits per heavy atom. The Balaban J connectivity index is 2.11. The third-order valence-electron chi connectivity index (χ3n) is 2.74. The van der Waals surface area contributed by atoms with E-state index in [4.69, 9.17) is 11.6 Å². The van der Waals surface area contributed by atoms with E-state index in [1.807, 2.05) is 19.2 Å². The van der Waals surface area contributed by atoms with Crippen molar-refractivity contribution < 1.29 is 0 Å². The molecule has 1 N–H and O–H groups in total. The number of halogens is 1. The first-order chi connectivity index (χ1) is 7.20. The molecule has 1 heterocycles. The minimum Gasteiger partial charge on any atom is -0.373 e. The fraction of sp³-hybridized carbons (Fsp3) is 0.545. The maximum Gasteiger partial charge on any atom is 0.126 e. The van der Waals surface area contributed by atoms with Crippen molar-refractivity contribution in [1.29, 1.82) is 0 Å². The van der Waals surface area contributed by atoms with Gasteiger partial charge in [-0.3, -0.25) is 4.90 Å². The average molecular weight is 226 g/mol. The second kappa shape index (κ2) is 4.37. The van der Waals surface area contributed by atoms with Gasteiger partial charge in [-0.25, -0.2) is 4.98 Å². The quantitative estimate of drug-likeness (QED) is 0.853. The second-order valence-electron chi connectivity index (χ2n) is 4.02. The van der Waals surface area contributed by atoms with Crippen LogP contribution in [0.25, 0.3) is 0 Å². The van der Waals surface area contributed by atoms with E-state index in [2.05, 4.69) is 22.2 Å². The zero-order chi connectivity index (χ0) is 10.8. The Bertz CT molecular complexity index is 350. The molecule has 0 atom stereocenters. The average Bonchev–Trinajstić information content (AvgIpc) is 3.04. The van der Waals surface area contributed by atoms with Crippen LogP contribution >= 0.6 is 11.6 Å². The number of nitrogens with zero attached hydrogens (tertiary/aromatic N) is 2. The standard InChI is InChI=1S/C11H16ClN3/c1-13-11-6-5-9(12)10(14-11)7-15(2)8-3-4-8/h5-6,8H,3-4,7H2,1-2H3,(H,13,14). The lowest BCUT2D eigenvalue weighted by Gasteiger charge is -2.16. The summed E-state index contributed by atoms with van der Waals surface area (Å²) in [6.07, 6.45) is 2.61. The molecular weight excluding hydrogens is 210 g/mol. The highest BCUT2D eigenvalue weighted by Crippen LogP contribution is 2.28. The fourth-order valence-corrected chi connectivity index (χ4v) is 1.78. The van der Waals surface area contributed by atoms with Crippen LogP contribution in [0.15, 0.2) is 12.1 Å². The van der Waals surface area contributed by atoms with E-state index < -0.39 is 0 Å². The first kappa shape index (κ1) is 10.7. The van der Waals surface area contributed by atoms with Crippen molar-refractivity contribution in [3.63, 3.8) is 0 Å². The van der Waals surface area contributed by atoms with Gasteiger partial charge >= 0.3 is 0 Å². The van der Waals surface area contributed by atoms with E-state index in [-0.39, 0.29) is 0 Å². The summed E-state index contributed by atoms with van der Waals surface area (Å²) in [6.45, 7) is 0.832. The van der Waals surface area contributed by atoms with E-state index in [0.29, 0.717) is 0 Å². The molecule has 2 rings (SSSR count). The zero-order valence-corrected chi connectivity index (χ0v) is 9.88. The largest absolute Gasteiger partial charge is 0.373 e. The molecular formula is C11H16ClN3. The lowest BCUT2D eigenvalue weighted by Crippen LogP contribution is -2.21. The molecule has 1 fully saturated rings. The summed E-state index contributed by atoms with van der Waals surface area (Å²) in [4.78, 5) is 6.77. The number of hydrogen-bond donors (Lipinski definition) is 1. The van der Waals surface area contributed by atoms with Gasteiger partial charge in [0.1, 0.15) is 5.82 Å². The first-order valence-electron chi connectivity index (χ1n) is 5.24. The Morgan fingerprint density at radius 2 is 2.27 bits per heavy atom. The molecule has 0 saturated heterocycles. The molecule has 1 aromatic heterocycles. The minimum atomic E-state index is 0.737. The molecule has 0 spiro atoms. The maximum absolute atomic E-state index is 6.11. The number of aromatic nitrogens is 1. The van der Waals surface area contributed by atoms with Crippen LogP contribution in [-0.2, 0) is 6.54 Å². The molecule has 0 unspecified atom stereocenters. The van der Waals surface area contributed by atoms with Gasteiger partial charge in [-0.1, -0.05) is 11.6 Å². The summed E-state index contributed by atoms with van der Waals surface area (Å²) in [5, 5.41) is 3.78. The summed E-state index contributed by atoms with van der Waals surface area (Å²) in [5.74, 6) is 0.874. The number of anilines is 1. The van der Waals surface area contributed by atoms with Crippen LogP contribution in [0.1, 0.15) is 18.5 Å². The Hall–Kier alpha value is -0.800. The Labute approximate surface area is 95.4 Å². The molecule has 1 saturated carbocycles. The molecule has 1 aliphatic rings. The van der Waals surface area contributed by atoms with Gasteiger partial charge < -0.3 is 5.32 Å². The molecule has 0 aliphatic heterocycles. The van der Waals surface area contributed by atoms with Crippen LogP contribution in [0.3, 0.4) is 0 Å². The molecule has 1 aliphatic carbocycles. The Kier molecular flexibility index (Phi) is 3.12. The van der Waals surface area contributed by atoms with Crippen molar-refractivity contribution in [1.82, 2.24) is 9.88 Å². The van der Waals surface area contributed by atoms with Gasteiger partial charge in [0.25, 0.3) is 0 Å². The highest BCUT2D eigenvalue weighted by Gasteiger charge is 2.26. The molecule has 0 amide bonds. The predicted molar refractivity (Wildman–Crippen MR) is 63.3 cm³/mol. The lowest BCUT2D eigenvalue weighted by molar-refractivity contribution is 0.313. The SMILES string of the molecule is CNc1ccc(Cl)c(CN(C)C2CC2)n1. The molecule has 0 radical (unpaired) electrons. The Morgan fingerprint density at radius 1 is 1.53 bits per heavy atom. The molecule has 0 bridgehead atoms. The number of hydrogen-bond acceptors (Lipinski definition) is 3. The molecule has 3 nitrogen and oxygen atoms in total. The van der Waals surface area contributed by atoms with Gasteiger partial charge in [-0.2, -0.15) is 0 Å². The third kappa shape index (κ3) is 2.61. The van der Waals surface area contributed by atoms with Crippen LogP contribution in [0.4, 0.5) is 5.82 Å². The smallest absolute Gasteiger partial charge is 0.126 e. The van der Waals surface area contributed by atoms with E-state index in [0.717, 1.165) is 29.1 Å². The maximum atomic E-state index is 6.11. The van der Waals surface area contributed by atoms with Gasteiger partial charge in [0.15, 0.2) is 0 Å². The van der Waals surface area contributed by atoms with Gasteiger partial charge in [-0.05, 0) is 32.0 Å². The highest BCUT2D eigenvalue weighted by molar-refractivity contribution is 6.31. The summed E-state index contributed by atoms with van der Waals surface area (Å²) >= 11 is 6.11. The minimum absolute atomic E-state index is 0.737. The number of rotatable bonds is 4. The van der Waals surface area contributed by atoms with Crippen LogP contribution in [0.2, 0.25) is 5.02 Å². The predicted octanol–water partition coefficient (Wildman–Crippen LogP) is 2.37. The molecule has 1 aromatic rings. The van der Waals surface area contributed by atoms with Crippen molar-refractivity contribution in [2.75, 3.05) is 19.4 Å². The third-order valence-corrected chi connectivity index (χ3v) is 3.09. The molecule has 15 heavy (non-hydrogen) atoms. The molecule has 82 valence electrons. The second-order valence-corrected chi connectivity index (χ2v) is 4.43. The van der Waals surface area contributed by atoms with Gasteiger partial charge in [0.2, 0.25) is 0 Å². The van der Waals surface area contributed by atoms with E-state index in [9.17, 15) is 0 Å². The molecule has 0 aromatic carbocycles. The van der Waals surface area contributed by atoms with Gasteiger partial charge in [0, 0.05) is 19.6 Å². The van der Waals surface area contributed by atoms with Crippen LogP contribution in [0.5, 0.6) is 0 Å². The van der Waals surface area contributed by atoms with Gasteiger partial charge in [-0.15, -0.1) is 0 Å². The van der Waals surface area contributed by atoms with E-state index >= 15 is 0 Å². The summed E-state index contributed by atoms with van der Waals surface area (Å²) in [7, 11) is 3.99. The zero-order valence-electron chi connectivity index (χ0n) is 9.13. The number of pyridine rings is 1. The monoisotopic (exact) mass is 225 g/mol. The van der Waals surface area contributed by atoms with Crippen molar-refractivity contribution in [3.8, 4) is 0 Å². The number of nitrogens with one attached hydrogen (secondary N) is 1. The van der Waals surface area contributed by atoms with Crippen LogP contribution in [-0.4, -0.2) is 30.0 Å². The topological polar surface area (TPSA) is 28.2 Å². The molecule has 4 heteroatoms. The lowest BCUT2D eigenvalue weighted by atomic mass is 10.3. The van der Waals surface area contributed by atoms with E-state index in [1.54, 1.807) is 0 Å².